The van der Waals surface area contributed by atoms with Crippen molar-refractivity contribution in [2.45, 2.75) is 32.2 Å². The van der Waals surface area contributed by atoms with Crippen LogP contribution in [-0.2, 0) is 0 Å². The van der Waals surface area contributed by atoms with Crippen LogP contribution < -0.4 is 5.32 Å². The zero-order chi connectivity index (χ0) is 5.33. The number of rotatable bonds is 2. The Morgan fingerprint density at radius 3 is 2.43 bits per heavy atom. The van der Waals surface area contributed by atoms with E-state index in [2.05, 4.69) is 19.2 Å². The number of nitrogens with one attached hydrogen (secondary N) is 1. The highest BCUT2D eigenvalue weighted by molar-refractivity contribution is 4.98. The summed E-state index contributed by atoms with van der Waals surface area (Å²) in [4.78, 5) is 0. The van der Waals surface area contributed by atoms with Crippen molar-refractivity contribution >= 4 is 0 Å². The molecule has 1 aliphatic heterocycles. The lowest BCUT2D eigenvalue weighted by molar-refractivity contribution is 0.613. The molecule has 0 aromatic heterocycles. The number of hydrogen-bond donors (Lipinski definition) is 1. The maximum absolute atomic E-state index is 3.31. The van der Waals surface area contributed by atoms with Crippen LogP contribution in [0.25, 0.3) is 0 Å². The molecule has 1 heterocycles. The predicted molar refractivity (Wildman–Crippen MR) is 31.3 cm³/mol. The average Bonchev–Trinajstić information content (AvgIpc) is 2.22. The fourth-order valence-corrected chi connectivity index (χ4v) is 0.879. The van der Waals surface area contributed by atoms with Crippen molar-refractivity contribution in [1.29, 1.82) is 0 Å². The molecule has 1 rings (SSSR count). The van der Waals surface area contributed by atoms with Crippen molar-refractivity contribution in [1.82, 2.24) is 5.32 Å². The standard InChI is InChI=1S/C6H13N/c1-3-4-6(2)5-7-6/h7H,3-5H2,1-2H3/t6-/m1/s1. The van der Waals surface area contributed by atoms with Crippen LogP contribution in [0.3, 0.4) is 0 Å². The molecule has 0 aliphatic carbocycles. The van der Waals surface area contributed by atoms with E-state index >= 15 is 0 Å². The highest BCUT2D eigenvalue weighted by Gasteiger charge is 2.34. The van der Waals surface area contributed by atoms with Gasteiger partial charge in [-0.2, -0.15) is 0 Å². The van der Waals surface area contributed by atoms with E-state index in [-0.39, 0.29) is 0 Å². The van der Waals surface area contributed by atoms with Gasteiger partial charge in [0.25, 0.3) is 0 Å². The van der Waals surface area contributed by atoms with Gasteiger partial charge in [0, 0.05) is 12.1 Å². The van der Waals surface area contributed by atoms with Gasteiger partial charge < -0.3 is 5.32 Å². The molecule has 0 spiro atoms. The van der Waals surface area contributed by atoms with Crippen molar-refractivity contribution in [2.75, 3.05) is 6.54 Å². The Hall–Kier alpha value is -0.0400. The lowest BCUT2D eigenvalue weighted by Gasteiger charge is -1.99. The molecule has 1 atom stereocenters. The molecular formula is C6H13N. The van der Waals surface area contributed by atoms with Crippen LogP contribution in [0.4, 0.5) is 0 Å². The zero-order valence-corrected chi connectivity index (χ0v) is 5.12. The quantitative estimate of drug-likeness (QED) is 0.515. The SMILES string of the molecule is CCC[C@]1(C)CN1. The molecule has 0 unspecified atom stereocenters. The second kappa shape index (κ2) is 1.48. The van der Waals surface area contributed by atoms with E-state index in [9.17, 15) is 0 Å². The Balaban J connectivity index is 2.13. The fraction of sp³-hybridized carbons (Fsp3) is 1.00. The van der Waals surface area contributed by atoms with Gasteiger partial charge in [-0.05, 0) is 13.3 Å². The van der Waals surface area contributed by atoms with Crippen LogP contribution in [0.2, 0.25) is 0 Å². The molecule has 42 valence electrons. The molecule has 1 N–H and O–H groups in total. The second-order valence-corrected chi connectivity index (χ2v) is 2.66. The summed E-state index contributed by atoms with van der Waals surface area (Å²) >= 11 is 0. The van der Waals surface area contributed by atoms with E-state index in [4.69, 9.17) is 0 Å². The van der Waals surface area contributed by atoms with Crippen LogP contribution >= 0.6 is 0 Å². The van der Waals surface area contributed by atoms with Gasteiger partial charge in [0.15, 0.2) is 0 Å². The van der Waals surface area contributed by atoms with Gasteiger partial charge in [0.1, 0.15) is 0 Å². The molecule has 7 heavy (non-hydrogen) atoms. The van der Waals surface area contributed by atoms with E-state index in [0.29, 0.717) is 5.54 Å². The van der Waals surface area contributed by atoms with Crippen molar-refractivity contribution in [3.05, 3.63) is 0 Å². The topological polar surface area (TPSA) is 21.9 Å². The molecule has 1 fully saturated rings. The van der Waals surface area contributed by atoms with Crippen LogP contribution in [0.1, 0.15) is 26.7 Å². The third-order valence-corrected chi connectivity index (χ3v) is 1.58. The Labute approximate surface area is 45.1 Å². The second-order valence-electron chi connectivity index (χ2n) is 2.66. The summed E-state index contributed by atoms with van der Waals surface area (Å²) in [5, 5.41) is 3.31. The molecule has 0 amide bonds. The Bertz CT molecular complexity index is 64.6. The van der Waals surface area contributed by atoms with Crippen molar-refractivity contribution in [2.24, 2.45) is 0 Å². The maximum Gasteiger partial charge on any atom is 0.0278 e. The van der Waals surface area contributed by atoms with Crippen LogP contribution in [0.5, 0.6) is 0 Å². The lowest BCUT2D eigenvalue weighted by atomic mass is 10.1. The smallest absolute Gasteiger partial charge is 0.0278 e. The minimum Gasteiger partial charge on any atom is -0.308 e. The van der Waals surface area contributed by atoms with E-state index in [1.54, 1.807) is 0 Å². The summed E-state index contributed by atoms with van der Waals surface area (Å²) in [5.74, 6) is 0. The molecule has 0 saturated carbocycles. The number of hydrogen-bond acceptors (Lipinski definition) is 1. The van der Waals surface area contributed by atoms with Crippen molar-refractivity contribution < 1.29 is 0 Å². The summed E-state index contributed by atoms with van der Waals surface area (Å²) < 4.78 is 0. The van der Waals surface area contributed by atoms with Crippen molar-refractivity contribution in [3.8, 4) is 0 Å². The van der Waals surface area contributed by atoms with Crippen molar-refractivity contribution in [3.63, 3.8) is 0 Å². The third kappa shape index (κ3) is 1.16. The Morgan fingerprint density at radius 1 is 1.71 bits per heavy atom. The molecule has 0 aromatic carbocycles. The summed E-state index contributed by atoms with van der Waals surface area (Å²) in [6, 6.07) is 0. The van der Waals surface area contributed by atoms with Gasteiger partial charge in [-0.25, -0.2) is 0 Å². The first-order valence-electron chi connectivity index (χ1n) is 3.02. The highest BCUT2D eigenvalue weighted by Crippen LogP contribution is 2.21. The van der Waals surface area contributed by atoms with Gasteiger partial charge in [-0.3, -0.25) is 0 Å². The normalized spacial score (nSPS) is 38.6. The van der Waals surface area contributed by atoms with Gasteiger partial charge in [-0.15, -0.1) is 0 Å². The van der Waals surface area contributed by atoms with E-state index < -0.39 is 0 Å². The maximum atomic E-state index is 3.31. The molecular weight excluding hydrogens is 86.1 g/mol. The van der Waals surface area contributed by atoms with Gasteiger partial charge in [0.05, 0.1) is 0 Å². The first-order valence-corrected chi connectivity index (χ1v) is 3.02. The minimum atomic E-state index is 0.550. The van der Waals surface area contributed by atoms with E-state index in [0.717, 1.165) is 0 Å². The molecule has 1 nitrogen and oxygen atoms in total. The van der Waals surface area contributed by atoms with Gasteiger partial charge >= 0.3 is 0 Å². The molecule has 0 aromatic rings. The van der Waals surface area contributed by atoms with Crippen LogP contribution in [0, 0.1) is 0 Å². The molecule has 0 bridgehead atoms. The molecule has 1 heteroatoms. The van der Waals surface area contributed by atoms with E-state index in [1.807, 2.05) is 0 Å². The summed E-state index contributed by atoms with van der Waals surface area (Å²) in [6.45, 7) is 5.74. The zero-order valence-electron chi connectivity index (χ0n) is 5.12. The monoisotopic (exact) mass is 99.1 g/mol. The average molecular weight is 99.2 g/mol. The summed E-state index contributed by atoms with van der Waals surface area (Å²) in [5.41, 5.74) is 0.550. The molecule has 1 saturated heterocycles. The Morgan fingerprint density at radius 2 is 2.29 bits per heavy atom. The highest BCUT2D eigenvalue weighted by atomic mass is 15.1. The largest absolute Gasteiger partial charge is 0.308 e. The summed E-state index contributed by atoms with van der Waals surface area (Å²) in [6.07, 6.45) is 2.65. The van der Waals surface area contributed by atoms with Crippen LogP contribution in [-0.4, -0.2) is 12.1 Å². The van der Waals surface area contributed by atoms with Crippen LogP contribution in [0.15, 0.2) is 0 Å². The van der Waals surface area contributed by atoms with Gasteiger partial charge in [-0.1, -0.05) is 13.3 Å². The van der Waals surface area contributed by atoms with Gasteiger partial charge in [0.2, 0.25) is 0 Å². The lowest BCUT2D eigenvalue weighted by Crippen LogP contribution is -2.06. The third-order valence-electron chi connectivity index (χ3n) is 1.58. The fourth-order valence-electron chi connectivity index (χ4n) is 0.879. The molecule has 0 radical (unpaired) electrons. The predicted octanol–water partition coefficient (Wildman–Crippen LogP) is 1.15. The molecule has 1 aliphatic rings. The Kier molecular flexibility index (Phi) is 1.08. The summed E-state index contributed by atoms with van der Waals surface area (Å²) in [7, 11) is 0. The van der Waals surface area contributed by atoms with E-state index in [1.165, 1.54) is 19.4 Å². The minimum absolute atomic E-state index is 0.550. The first kappa shape index (κ1) is 5.10. The first-order chi connectivity index (χ1) is 3.27.